The number of carbonyl (C=O) groups is 2. The molecular weight excluding hydrogens is 326 g/mol. The van der Waals surface area contributed by atoms with Crippen LogP contribution in [0.5, 0.6) is 0 Å². The van der Waals surface area contributed by atoms with Crippen LogP contribution in [0.3, 0.4) is 0 Å². The van der Waals surface area contributed by atoms with Crippen LogP contribution in [0.4, 0.5) is 5.69 Å². The summed E-state index contributed by atoms with van der Waals surface area (Å²) in [4.78, 5) is 28.5. The number of hydrogen-bond acceptors (Lipinski definition) is 3. The fraction of sp³-hybridized carbons (Fsp3) is 0.0952. The molecule has 0 unspecified atom stereocenters. The number of pyridine rings is 1. The predicted octanol–water partition coefficient (Wildman–Crippen LogP) is 3.57. The first-order valence-corrected chi connectivity index (χ1v) is 8.27. The second-order valence-electron chi connectivity index (χ2n) is 5.94. The van der Waals surface area contributed by atoms with Crippen LogP contribution < -0.4 is 10.6 Å². The first-order chi connectivity index (χ1) is 12.6. The minimum atomic E-state index is -0.178. The van der Waals surface area contributed by atoms with Gasteiger partial charge in [-0.1, -0.05) is 23.8 Å². The van der Waals surface area contributed by atoms with Crippen molar-refractivity contribution in [3.63, 3.8) is 0 Å². The lowest BCUT2D eigenvalue weighted by molar-refractivity contribution is 0.0950. The topological polar surface area (TPSA) is 71.1 Å². The van der Waals surface area contributed by atoms with Crippen molar-refractivity contribution >= 4 is 17.5 Å². The van der Waals surface area contributed by atoms with Crippen LogP contribution in [0.15, 0.2) is 73.1 Å². The molecule has 5 heteroatoms. The molecule has 130 valence electrons. The Morgan fingerprint density at radius 3 is 2.42 bits per heavy atom. The quantitative estimate of drug-likeness (QED) is 0.742. The molecule has 0 fully saturated rings. The van der Waals surface area contributed by atoms with Gasteiger partial charge in [0.15, 0.2) is 0 Å². The summed E-state index contributed by atoms with van der Waals surface area (Å²) in [5, 5.41) is 5.67. The number of hydrogen-bond donors (Lipinski definition) is 2. The third-order valence-corrected chi connectivity index (χ3v) is 3.86. The van der Waals surface area contributed by atoms with E-state index in [0.717, 1.165) is 11.1 Å². The average molecular weight is 345 g/mol. The van der Waals surface area contributed by atoms with Gasteiger partial charge in [-0.3, -0.25) is 14.6 Å². The molecule has 0 radical (unpaired) electrons. The molecule has 2 N–H and O–H groups in total. The molecule has 1 aromatic heterocycles. The highest BCUT2D eigenvalue weighted by molar-refractivity contribution is 6.04. The van der Waals surface area contributed by atoms with Gasteiger partial charge in [0.1, 0.15) is 0 Å². The van der Waals surface area contributed by atoms with Crippen LogP contribution in [0, 0.1) is 6.92 Å². The summed E-state index contributed by atoms with van der Waals surface area (Å²) in [5.74, 6) is -0.354. The van der Waals surface area contributed by atoms with Gasteiger partial charge in [0, 0.05) is 35.8 Å². The Hall–Kier alpha value is -3.47. The van der Waals surface area contributed by atoms with Crippen LogP contribution in [0.2, 0.25) is 0 Å². The van der Waals surface area contributed by atoms with E-state index in [1.807, 2.05) is 37.3 Å². The zero-order chi connectivity index (χ0) is 18.4. The van der Waals surface area contributed by atoms with Gasteiger partial charge in [-0.05, 0) is 55.0 Å². The standard InChI is InChI=1S/C21H19N3O2/c1-15-4-2-6-18(12-15)21(26)24-19-9-7-17(8-10-19)20(25)23-14-16-5-3-11-22-13-16/h2-13H,14H2,1H3,(H,23,25)(H,24,26). The van der Waals surface area contributed by atoms with E-state index in [0.29, 0.717) is 23.4 Å². The Morgan fingerprint density at radius 2 is 1.73 bits per heavy atom. The number of aryl methyl sites for hydroxylation is 1. The van der Waals surface area contributed by atoms with Gasteiger partial charge < -0.3 is 10.6 Å². The summed E-state index contributed by atoms with van der Waals surface area (Å²) >= 11 is 0. The SMILES string of the molecule is Cc1cccc(C(=O)Nc2ccc(C(=O)NCc3cccnc3)cc2)c1. The van der Waals surface area contributed by atoms with E-state index in [-0.39, 0.29) is 11.8 Å². The smallest absolute Gasteiger partial charge is 0.255 e. The molecule has 3 aromatic rings. The monoisotopic (exact) mass is 345 g/mol. The fourth-order valence-electron chi connectivity index (χ4n) is 2.48. The third-order valence-electron chi connectivity index (χ3n) is 3.86. The van der Waals surface area contributed by atoms with Crippen molar-refractivity contribution in [2.24, 2.45) is 0 Å². The summed E-state index contributed by atoms with van der Waals surface area (Å²) in [7, 11) is 0. The number of benzene rings is 2. The zero-order valence-corrected chi connectivity index (χ0v) is 14.4. The lowest BCUT2D eigenvalue weighted by atomic mass is 10.1. The van der Waals surface area contributed by atoms with Crippen molar-refractivity contribution in [3.05, 3.63) is 95.3 Å². The van der Waals surface area contributed by atoms with E-state index in [9.17, 15) is 9.59 Å². The minimum Gasteiger partial charge on any atom is -0.348 e. The molecule has 0 aliphatic heterocycles. The molecule has 5 nitrogen and oxygen atoms in total. The Kier molecular flexibility index (Phi) is 5.39. The number of aromatic nitrogens is 1. The normalized spacial score (nSPS) is 10.2. The number of rotatable bonds is 5. The minimum absolute atomic E-state index is 0.176. The van der Waals surface area contributed by atoms with Crippen LogP contribution in [-0.4, -0.2) is 16.8 Å². The van der Waals surface area contributed by atoms with E-state index >= 15 is 0 Å². The highest BCUT2D eigenvalue weighted by Crippen LogP contribution is 2.12. The van der Waals surface area contributed by atoms with Gasteiger partial charge in [0.25, 0.3) is 11.8 Å². The van der Waals surface area contributed by atoms with E-state index in [4.69, 9.17) is 0 Å². The molecule has 0 aliphatic carbocycles. The lowest BCUT2D eigenvalue weighted by Gasteiger charge is -2.08. The molecule has 0 bridgehead atoms. The highest BCUT2D eigenvalue weighted by atomic mass is 16.2. The molecule has 0 atom stereocenters. The van der Waals surface area contributed by atoms with Gasteiger partial charge >= 0.3 is 0 Å². The van der Waals surface area contributed by atoms with Crippen molar-refractivity contribution < 1.29 is 9.59 Å². The average Bonchev–Trinajstić information content (AvgIpc) is 2.67. The van der Waals surface area contributed by atoms with Gasteiger partial charge in [-0.15, -0.1) is 0 Å². The molecule has 1 heterocycles. The number of carbonyl (C=O) groups excluding carboxylic acids is 2. The van der Waals surface area contributed by atoms with Crippen molar-refractivity contribution in [3.8, 4) is 0 Å². The Morgan fingerprint density at radius 1 is 0.923 bits per heavy atom. The van der Waals surface area contributed by atoms with Gasteiger partial charge in [-0.25, -0.2) is 0 Å². The Labute approximate surface area is 152 Å². The van der Waals surface area contributed by atoms with Gasteiger partial charge in [0.2, 0.25) is 0 Å². The summed E-state index contributed by atoms with van der Waals surface area (Å²) < 4.78 is 0. The molecule has 0 aliphatic rings. The second-order valence-corrected chi connectivity index (χ2v) is 5.94. The summed E-state index contributed by atoms with van der Waals surface area (Å²) in [6.45, 7) is 2.36. The largest absolute Gasteiger partial charge is 0.348 e. The Balaban J connectivity index is 1.59. The zero-order valence-electron chi connectivity index (χ0n) is 14.4. The number of anilines is 1. The van der Waals surface area contributed by atoms with Gasteiger partial charge in [-0.2, -0.15) is 0 Å². The fourth-order valence-corrected chi connectivity index (χ4v) is 2.48. The maximum absolute atomic E-state index is 12.2. The molecule has 2 amide bonds. The van der Waals surface area contributed by atoms with E-state index in [1.165, 1.54) is 0 Å². The van der Waals surface area contributed by atoms with Crippen molar-refractivity contribution in [1.82, 2.24) is 10.3 Å². The van der Waals surface area contributed by atoms with Gasteiger partial charge in [0.05, 0.1) is 0 Å². The van der Waals surface area contributed by atoms with Crippen molar-refractivity contribution in [2.45, 2.75) is 13.5 Å². The Bertz CT molecular complexity index is 906. The summed E-state index contributed by atoms with van der Waals surface area (Å²) in [6.07, 6.45) is 3.40. The number of amides is 2. The third kappa shape index (κ3) is 4.54. The molecule has 0 saturated heterocycles. The highest BCUT2D eigenvalue weighted by Gasteiger charge is 2.08. The molecule has 0 spiro atoms. The van der Waals surface area contributed by atoms with E-state index in [1.54, 1.807) is 42.7 Å². The van der Waals surface area contributed by atoms with Crippen LogP contribution in [0.25, 0.3) is 0 Å². The maximum atomic E-state index is 12.2. The van der Waals surface area contributed by atoms with Crippen molar-refractivity contribution in [1.29, 1.82) is 0 Å². The molecule has 2 aromatic carbocycles. The second kappa shape index (κ2) is 8.07. The molecule has 26 heavy (non-hydrogen) atoms. The first-order valence-electron chi connectivity index (χ1n) is 8.27. The van der Waals surface area contributed by atoms with Crippen LogP contribution in [-0.2, 0) is 6.54 Å². The maximum Gasteiger partial charge on any atom is 0.255 e. The molecular formula is C21H19N3O2. The predicted molar refractivity (Wildman–Crippen MR) is 101 cm³/mol. The number of nitrogens with zero attached hydrogens (tertiary/aromatic N) is 1. The lowest BCUT2D eigenvalue weighted by Crippen LogP contribution is -2.22. The van der Waals surface area contributed by atoms with Crippen molar-refractivity contribution in [2.75, 3.05) is 5.32 Å². The molecule has 0 saturated carbocycles. The number of nitrogens with one attached hydrogen (secondary N) is 2. The summed E-state index contributed by atoms with van der Waals surface area (Å²) in [6, 6.07) is 17.9. The summed E-state index contributed by atoms with van der Waals surface area (Å²) in [5.41, 5.74) is 3.73. The van der Waals surface area contributed by atoms with E-state index < -0.39 is 0 Å². The van der Waals surface area contributed by atoms with Crippen LogP contribution in [0.1, 0.15) is 31.8 Å². The first kappa shape index (κ1) is 17.4. The van der Waals surface area contributed by atoms with Crippen LogP contribution >= 0.6 is 0 Å². The van der Waals surface area contributed by atoms with E-state index in [2.05, 4.69) is 15.6 Å². The molecule has 3 rings (SSSR count).